The van der Waals surface area contributed by atoms with Crippen LogP contribution in [-0.4, -0.2) is 25.0 Å². The van der Waals surface area contributed by atoms with Crippen LogP contribution >= 0.6 is 11.3 Å². The molecule has 0 bridgehead atoms. The van der Waals surface area contributed by atoms with Crippen molar-refractivity contribution in [1.29, 1.82) is 0 Å². The van der Waals surface area contributed by atoms with Crippen LogP contribution in [0.25, 0.3) is 0 Å². The lowest BCUT2D eigenvalue weighted by atomic mass is 10.2. The second-order valence-electron chi connectivity index (χ2n) is 3.96. The molecule has 1 heterocycles. The second kappa shape index (κ2) is 6.67. The van der Waals surface area contributed by atoms with Gasteiger partial charge in [-0.25, -0.2) is 9.59 Å². The number of amides is 3. The number of hydrogen-bond donors (Lipinski definition) is 2. The van der Waals surface area contributed by atoms with E-state index in [9.17, 15) is 14.4 Å². The number of thiophene rings is 1. The van der Waals surface area contributed by atoms with Gasteiger partial charge in [0.2, 0.25) is 0 Å². The number of carbonyl (C=O) groups excluding carboxylic acids is 3. The smallest absolute Gasteiger partial charge is 0.337 e. The van der Waals surface area contributed by atoms with E-state index in [0.717, 1.165) is 0 Å². The Balaban J connectivity index is 2.00. The first kappa shape index (κ1) is 14.7. The normalized spacial score (nSPS) is 9.76. The molecular formula is C14H12N2O4S. The molecule has 0 aliphatic rings. The zero-order valence-corrected chi connectivity index (χ0v) is 11.9. The van der Waals surface area contributed by atoms with Gasteiger partial charge in [0.1, 0.15) is 0 Å². The van der Waals surface area contributed by atoms with E-state index in [1.165, 1.54) is 24.5 Å². The van der Waals surface area contributed by atoms with Gasteiger partial charge in [0.15, 0.2) is 0 Å². The maximum Gasteiger partial charge on any atom is 0.337 e. The van der Waals surface area contributed by atoms with E-state index < -0.39 is 17.9 Å². The zero-order chi connectivity index (χ0) is 15.2. The van der Waals surface area contributed by atoms with Crippen molar-refractivity contribution in [1.82, 2.24) is 5.32 Å². The van der Waals surface area contributed by atoms with E-state index in [-0.39, 0.29) is 0 Å². The van der Waals surface area contributed by atoms with Crippen molar-refractivity contribution in [2.75, 3.05) is 12.4 Å². The summed E-state index contributed by atoms with van der Waals surface area (Å²) in [6.45, 7) is 0. The molecule has 7 heteroatoms. The lowest BCUT2D eigenvalue weighted by Gasteiger charge is -2.07. The number of urea groups is 1. The molecule has 1 aromatic carbocycles. The van der Waals surface area contributed by atoms with Gasteiger partial charge in [-0.3, -0.25) is 10.1 Å². The summed E-state index contributed by atoms with van der Waals surface area (Å²) in [5.41, 5.74) is 0.689. The quantitative estimate of drug-likeness (QED) is 0.853. The highest BCUT2D eigenvalue weighted by Crippen LogP contribution is 2.12. The molecular weight excluding hydrogens is 292 g/mol. The predicted octanol–water partition coefficient (Wildman–Crippen LogP) is 2.50. The molecule has 2 rings (SSSR count). The fourth-order valence-corrected chi connectivity index (χ4v) is 2.20. The summed E-state index contributed by atoms with van der Waals surface area (Å²) in [4.78, 5) is 35.2. The Morgan fingerprint density at radius 1 is 1.14 bits per heavy atom. The first-order valence-corrected chi connectivity index (χ1v) is 6.82. The minimum Gasteiger partial charge on any atom is -0.465 e. The molecule has 0 aliphatic heterocycles. The first-order valence-electron chi connectivity index (χ1n) is 5.94. The van der Waals surface area contributed by atoms with Crippen LogP contribution in [0.2, 0.25) is 0 Å². The minimum absolute atomic E-state index is 0.305. The number of rotatable bonds is 3. The standard InChI is InChI=1S/C14H12N2O4S/c1-20-13(18)9-4-2-5-10(8-9)15-14(19)16-12(17)11-6-3-7-21-11/h2-8H,1H3,(H2,15,16,17,19). The number of hydrogen-bond acceptors (Lipinski definition) is 5. The topological polar surface area (TPSA) is 84.5 Å². The summed E-state index contributed by atoms with van der Waals surface area (Å²) in [6.07, 6.45) is 0. The van der Waals surface area contributed by atoms with Gasteiger partial charge in [-0.15, -0.1) is 11.3 Å². The first-order chi connectivity index (χ1) is 10.1. The Morgan fingerprint density at radius 3 is 2.62 bits per heavy atom. The predicted molar refractivity (Wildman–Crippen MR) is 78.6 cm³/mol. The molecule has 6 nitrogen and oxygen atoms in total. The maximum atomic E-state index is 11.7. The largest absolute Gasteiger partial charge is 0.465 e. The van der Waals surface area contributed by atoms with Gasteiger partial charge in [0, 0.05) is 5.69 Å². The Labute approximate surface area is 124 Å². The molecule has 0 aliphatic carbocycles. The summed E-state index contributed by atoms with van der Waals surface area (Å²) < 4.78 is 4.59. The number of anilines is 1. The maximum absolute atomic E-state index is 11.7. The summed E-state index contributed by atoms with van der Waals surface area (Å²) >= 11 is 1.24. The Kier molecular flexibility index (Phi) is 4.68. The number of esters is 1. The average molecular weight is 304 g/mol. The van der Waals surface area contributed by atoms with E-state index in [1.807, 2.05) is 0 Å². The summed E-state index contributed by atoms with van der Waals surface area (Å²) in [6, 6.07) is 8.88. The molecule has 21 heavy (non-hydrogen) atoms. The van der Waals surface area contributed by atoms with Crippen LogP contribution in [0.4, 0.5) is 10.5 Å². The third-order valence-corrected chi connectivity index (χ3v) is 3.38. The van der Waals surface area contributed by atoms with Crippen LogP contribution in [0.3, 0.4) is 0 Å². The number of benzene rings is 1. The van der Waals surface area contributed by atoms with Crippen molar-refractivity contribution in [3.05, 3.63) is 52.2 Å². The summed E-state index contributed by atoms with van der Waals surface area (Å²) in [5.74, 6) is -0.986. The molecule has 1 aromatic heterocycles. The van der Waals surface area contributed by atoms with Crippen molar-refractivity contribution >= 4 is 34.9 Å². The fourth-order valence-electron chi connectivity index (χ4n) is 1.58. The molecule has 0 saturated carbocycles. The van der Waals surface area contributed by atoms with Gasteiger partial charge in [0.25, 0.3) is 5.91 Å². The van der Waals surface area contributed by atoms with Gasteiger partial charge in [-0.05, 0) is 29.6 Å². The molecule has 0 radical (unpaired) electrons. The molecule has 0 saturated heterocycles. The Hall–Kier alpha value is -2.67. The molecule has 2 N–H and O–H groups in total. The van der Waals surface area contributed by atoms with Gasteiger partial charge < -0.3 is 10.1 Å². The van der Waals surface area contributed by atoms with Crippen LogP contribution in [0.1, 0.15) is 20.0 Å². The van der Waals surface area contributed by atoms with Crippen molar-refractivity contribution in [2.45, 2.75) is 0 Å². The van der Waals surface area contributed by atoms with E-state index >= 15 is 0 Å². The molecule has 3 amide bonds. The van der Waals surface area contributed by atoms with Crippen molar-refractivity contribution in [3.8, 4) is 0 Å². The SMILES string of the molecule is COC(=O)c1cccc(NC(=O)NC(=O)c2cccs2)c1. The van der Waals surface area contributed by atoms with Crippen LogP contribution in [0, 0.1) is 0 Å². The highest BCUT2D eigenvalue weighted by molar-refractivity contribution is 7.12. The monoisotopic (exact) mass is 304 g/mol. The van der Waals surface area contributed by atoms with Gasteiger partial charge >= 0.3 is 12.0 Å². The lowest BCUT2D eigenvalue weighted by molar-refractivity contribution is 0.0600. The molecule has 0 unspecified atom stereocenters. The van der Waals surface area contributed by atoms with Crippen LogP contribution in [0.15, 0.2) is 41.8 Å². The van der Waals surface area contributed by atoms with Crippen LogP contribution in [0.5, 0.6) is 0 Å². The minimum atomic E-state index is -0.671. The molecule has 0 spiro atoms. The van der Waals surface area contributed by atoms with Crippen molar-refractivity contribution in [3.63, 3.8) is 0 Å². The van der Waals surface area contributed by atoms with E-state index in [2.05, 4.69) is 15.4 Å². The Bertz CT molecular complexity index is 667. The summed E-state index contributed by atoms with van der Waals surface area (Å²) in [5, 5.41) is 6.42. The number of methoxy groups -OCH3 is 1. The number of nitrogens with one attached hydrogen (secondary N) is 2. The van der Waals surface area contributed by atoms with Crippen molar-refractivity contribution in [2.24, 2.45) is 0 Å². The zero-order valence-electron chi connectivity index (χ0n) is 11.1. The van der Waals surface area contributed by atoms with E-state index in [1.54, 1.807) is 35.7 Å². The van der Waals surface area contributed by atoms with Gasteiger partial charge in [0.05, 0.1) is 17.6 Å². The number of carbonyl (C=O) groups is 3. The van der Waals surface area contributed by atoms with Crippen molar-refractivity contribution < 1.29 is 19.1 Å². The lowest BCUT2D eigenvalue weighted by Crippen LogP contribution is -2.33. The van der Waals surface area contributed by atoms with Crippen LogP contribution in [-0.2, 0) is 4.74 Å². The molecule has 0 fully saturated rings. The third kappa shape index (κ3) is 3.90. The van der Waals surface area contributed by atoms with Gasteiger partial charge in [-0.1, -0.05) is 12.1 Å². The number of ether oxygens (including phenoxy) is 1. The van der Waals surface area contributed by atoms with Crippen LogP contribution < -0.4 is 10.6 Å². The highest BCUT2D eigenvalue weighted by atomic mass is 32.1. The highest BCUT2D eigenvalue weighted by Gasteiger charge is 2.12. The third-order valence-electron chi connectivity index (χ3n) is 2.51. The molecule has 108 valence electrons. The summed E-state index contributed by atoms with van der Waals surface area (Å²) in [7, 11) is 1.27. The molecule has 2 aromatic rings. The molecule has 0 atom stereocenters. The van der Waals surface area contributed by atoms with E-state index in [0.29, 0.717) is 16.1 Å². The van der Waals surface area contributed by atoms with Gasteiger partial charge in [-0.2, -0.15) is 0 Å². The number of imide groups is 1. The Morgan fingerprint density at radius 2 is 1.95 bits per heavy atom. The fraction of sp³-hybridized carbons (Fsp3) is 0.0714. The second-order valence-corrected chi connectivity index (χ2v) is 4.91. The van der Waals surface area contributed by atoms with E-state index in [4.69, 9.17) is 0 Å². The average Bonchev–Trinajstić information content (AvgIpc) is 3.00.